The topological polar surface area (TPSA) is 49.8 Å². The van der Waals surface area contributed by atoms with Gasteiger partial charge in [-0.1, -0.05) is 54.6 Å². The number of ether oxygens (including phenoxy) is 1. The third-order valence-corrected chi connectivity index (χ3v) is 5.79. The van der Waals surface area contributed by atoms with E-state index >= 15 is 0 Å². The molecule has 0 amide bonds. The fourth-order valence-electron chi connectivity index (χ4n) is 4.27. The maximum atomic E-state index is 11.4. The summed E-state index contributed by atoms with van der Waals surface area (Å²) < 4.78 is 5.33. The van der Waals surface area contributed by atoms with Crippen molar-refractivity contribution in [1.29, 1.82) is 0 Å². The third kappa shape index (κ3) is 3.60. The number of hydrogen-bond donors (Lipinski definition) is 1. The number of carboxylic acid groups (broad SMARTS) is 1. The van der Waals surface area contributed by atoms with Crippen LogP contribution in [-0.4, -0.2) is 36.2 Å². The summed E-state index contributed by atoms with van der Waals surface area (Å²) in [4.78, 5) is 13.8. The number of piperidine rings is 1. The lowest BCUT2D eigenvalue weighted by Gasteiger charge is -2.37. The fourth-order valence-corrected chi connectivity index (χ4v) is 4.27. The van der Waals surface area contributed by atoms with E-state index in [1.165, 1.54) is 21.9 Å². The standard InChI is InChI=1S/C24H25NO3/c1-28-20-11-9-18(10-12-20)23(25-15-13-19(14-16-25)24(26)27)22-8-4-6-17-5-2-3-7-21(17)22/h2-12,19,23H,13-16H2,1H3,(H,26,27). The Morgan fingerprint density at radius 2 is 1.68 bits per heavy atom. The first-order chi connectivity index (χ1) is 13.7. The number of hydrogen-bond acceptors (Lipinski definition) is 3. The first-order valence-corrected chi connectivity index (χ1v) is 9.76. The maximum Gasteiger partial charge on any atom is 0.306 e. The Bertz CT molecular complexity index is 954. The Kier molecular flexibility index (Phi) is 5.31. The number of nitrogens with zero attached hydrogens (tertiary/aromatic N) is 1. The third-order valence-electron chi connectivity index (χ3n) is 5.79. The highest BCUT2D eigenvalue weighted by molar-refractivity contribution is 5.86. The van der Waals surface area contributed by atoms with Gasteiger partial charge in [0.25, 0.3) is 0 Å². The van der Waals surface area contributed by atoms with Crippen LogP contribution in [0.1, 0.15) is 30.0 Å². The maximum absolute atomic E-state index is 11.4. The molecule has 1 N–H and O–H groups in total. The molecule has 3 aromatic carbocycles. The van der Waals surface area contributed by atoms with Crippen molar-refractivity contribution in [2.75, 3.05) is 20.2 Å². The van der Waals surface area contributed by atoms with E-state index in [1.54, 1.807) is 7.11 Å². The predicted molar refractivity (Wildman–Crippen MR) is 111 cm³/mol. The minimum Gasteiger partial charge on any atom is -0.497 e. The monoisotopic (exact) mass is 375 g/mol. The lowest BCUT2D eigenvalue weighted by molar-refractivity contribution is -0.143. The van der Waals surface area contributed by atoms with E-state index in [4.69, 9.17) is 4.74 Å². The summed E-state index contributed by atoms with van der Waals surface area (Å²) in [6, 6.07) is 23.2. The molecular formula is C24H25NO3. The second-order valence-electron chi connectivity index (χ2n) is 7.39. The number of carbonyl (C=O) groups is 1. The largest absolute Gasteiger partial charge is 0.497 e. The van der Waals surface area contributed by atoms with E-state index in [0.717, 1.165) is 18.8 Å². The van der Waals surface area contributed by atoms with Gasteiger partial charge in [-0.05, 0) is 60.0 Å². The summed E-state index contributed by atoms with van der Waals surface area (Å²) in [5.74, 6) is -0.0731. The molecule has 4 rings (SSSR count). The van der Waals surface area contributed by atoms with Gasteiger partial charge in [0.2, 0.25) is 0 Å². The van der Waals surface area contributed by atoms with Crippen molar-refractivity contribution >= 4 is 16.7 Å². The van der Waals surface area contributed by atoms with Crippen molar-refractivity contribution < 1.29 is 14.6 Å². The quantitative estimate of drug-likeness (QED) is 0.700. The molecule has 0 spiro atoms. The molecule has 3 aromatic rings. The van der Waals surface area contributed by atoms with Crippen LogP contribution in [0, 0.1) is 5.92 Å². The normalized spacial score (nSPS) is 16.8. The van der Waals surface area contributed by atoms with Gasteiger partial charge in [-0.2, -0.15) is 0 Å². The van der Waals surface area contributed by atoms with E-state index in [2.05, 4.69) is 59.5 Å². The predicted octanol–water partition coefficient (Wildman–Crippen LogP) is 4.73. The Balaban J connectivity index is 1.76. The first kappa shape index (κ1) is 18.5. The molecule has 1 aliphatic rings. The average Bonchev–Trinajstić information content (AvgIpc) is 2.75. The van der Waals surface area contributed by atoms with Crippen molar-refractivity contribution in [2.45, 2.75) is 18.9 Å². The number of rotatable bonds is 5. The van der Waals surface area contributed by atoms with Crippen molar-refractivity contribution in [1.82, 2.24) is 4.90 Å². The van der Waals surface area contributed by atoms with Gasteiger partial charge in [0.1, 0.15) is 5.75 Å². The molecule has 0 radical (unpaired) electrons. The number of aliphatic carboxylic acids is 1. The van der Waals surface area contributed by atoms with Crippen molar-refractivity contribution in [3.8, 4) is 5.75 Å². The second kappa shape index (κ2) is 8.03. The van der Waals surface area contributed by atoms with Gasteiger partial charge in [0.05, 0.1) is 19.1 Å². The SMILES string of the molecule is COc1ccc(C(c2cccc3ccccc23)N2CCC(C(=O)O)CC2)cc1. The van der Waals surface area contributed by atoms with Crippen molar-refractivity contribution in [2.24, 2.45) is 5.92 Å². The molecule has 1 atom stereocenters. The van der Waals surface area contributed by atoms with Gasteiger partial charge < -0.3 is 9.84 Å². The zero-order chi connectivity index (χ0) is 19.5. The Morgan fingerprint density at radius 3 is 2.36 bits per heavy atom. The summed E-state index contributed by atoms with van der Waals surface area (Å²) in [5.41, 5.74) is 2.46. The number of carboxylic acids is 1. The van der Waals surface area contributed by atoms with Crippen LogP contribution in [0.3, 0.4) is 0 Å². The zero-order valence-corrected chi connectivity index (χ0v) is 16.0. The second-order valence-corrected chi connectivity index (χ2v) is 7.39. The summed E-state index contributed by atoms with van der Waals surface area (Å²) in [6.45, 7) is 1.55. The zero-order valence-electron chi connectivity index (χ0n) is 16.0. The number of likely N-dealkylation sites (tertiary alicyclic amines) is 1. The summed E-state index contributed by atoms with van der Waals surface area (Å²) >= 11 is 0. The average molecular weight is 375 g/mol. The first-order valence-electron chi connectivity index (χ1n) is 9.76. The number of methoxy groups -OCH3 is 1. The molecule has 1 unspecified atom stereocenters. The van der Waals surface area contributed by atoms with Crippen LogP contribution in [0.5, 0.6) is 5.75 Å². The highest BCUT2D eigenvalue weighted by Gasteiger charge is 2.30. The van der Waals surface area contributed by atoms with E-state index in [1.807, 2.05) is 12.1 Å². The van der Waals surface area contributed by atoms with Crippen LogP contribution in [0.2, 0.25) is 0 Å². The fraction of sp³-hybridized carbons (Fsp3) is 0.292. The molecule has 1 fully saturated rings. The summed E-state index contributed by atoms with van der Waals surface area (Å²) in [6.07, 6.45) is 1.37. The van der Waals surface area contributed by atoms with Crippen LogP contribution in [0.25, 0.3) is 10.8 Å². The van der Waals surface area contributed by atoms with Gasteiger partial charge in [-0.25, -0.2) is 0 Å². The lowest BCUT2D eigenvalue weighted by atomic mass is 9.89. The number of benzene rings is 3. The lowest BCUT2D eigenvalue weighted by Crippen LogP contribution is -2.39. The smallest absolute Gasteiger partial charge is 0.306 e. The van der Waals surface area contributed by atoms with E-state index < -0.39 is 5.97 Å². The van der Waals surface area contributed by atoms with Crippen LogP contribution in [-0.2, 0) is 4.79 Å². The molecule has 0 saturated carbocycles. The van der Waals surface area contributed by atoms with Crippen LogP contribution >= 0.6 is 0 Å². The molecule has 1 saturated heterocycles. The molecule has 0 aromatic heterocycles. The van der Waals surface area contributed by atoms with E-state index in [-0.39, 0.29) is 12.0 Å². The van der Waals surface area contributed by atoms with Gasteiger partial charge in [-0.3, -0.25) is 9.69 Å². The minimum absolute atomic E-state index is 0.0896. The van der Waals surface area contributed by atoms with Crippen LogP contribution < -0.4 is 4.74 Å². The Morgan fingerprint density at radius 1 is 1.00 bits per heavy atom. The van der Waals surface area contributed by atoms with E-state index in [0.29, 0.717) is 12.8 Å². The summed E-state index contributed by atoms with van der Waals surface area (Å²) in [5, 5.41) is 11.8. The molecule has 4 heteroatoms. The van der Waals surface area contributed by atoms with Gasteiger partial charge in [-0.15, -0.1) is 0 Å². The van der Waals surface area contributed by atoms with E-state index in [9.17, 15) is 9.90 Å². The van der Waals surface area contributed by atoms with Crippen LogP contribution in [0.4, 0.5) is 0 Å². The van der Waals surface area contributed by atoms with Gasteiger partial charge in [0, 0.05) is 0 Å². The minimum atomic E-state index is -0.675. The molecular weight excluding hydrogens is 350 g/mol. The molecule has 28 heavy (non-hydrogen) atoms. The molecule has 0 aliphatic carbocycles. The summed E-state index contributed by atoms with van der Waals surface area (Å²) in [7, 11) is 1.67. The Labute approximate surface area is 165 Å². The van der Waals surface area contributed by atoms with Crippen molar-refractivity contribution in [3.63, 3.8) is 0 Å². The van der Waals surface area contributed by atoms with Gasteiger partial charge >= 0.3 is 5.97 Å². The highest BCUT2D eigenvalue weighted by Crippen LogP contribution is 2.36. The number of fused-ring (bicyclic) bond motifs is 1. The highest BCUT2D eigenvalue weighted by atomic mass is 16.5. The molecule has 1 heterocycles. The van der Waals surface area contributed by atoms with Crippen molar-refractivity contribution in [3.05, 3.63) is 77.9 Å². The van der Waals surface area contributed by atoms with Gasteiger partial charge in [0.15, 0.2) is 0 Å². The molecule has 1 aliphatic heterocycles. The van der Waals surface area contributed by atoms with Crippen LogP contribution in [0.15, 0.2) is 66.7 Å². The molecule has 0 bridgehead atoms. The molecule has 4 nitrogen and oxygen atoms in total. The Hall–Kier alpha value is -2.85. The molecule has 144 valence electrons.